The molecule has 0 atom stereocenters. The highest BCUT2D eigenvalue weighted by molar-refractivity contribution is 5.78. The van der Waals surface area contributed by atoms with Crippen molar-refractivity contribution in [2.24, 2.45) is 0 Å². The van der Waals surface area contributed by atoms with E-state index < -0.39 is 0 Å². The first-order chi connectivity index (χ1) is 11.3. The van der Waals surface area contributed by atoms with Gasteiger partial charge in [-0.1, -0.05) is 12.1 Å². The van der Waals surface area contributed by atoms with Crippen molar-refractivity contribution in [3.8, 4) is 11.1 Å². The number of H-pyrrole nitrogens is 1. The molecule has 0 aliphatic carbocycles. The molecule has 2 aliphatic heterocycles. The summed E-state index contributed by atoms with van der Waals surface area (Å²) < 4.78 is 0. The van der Waals surface area contributed by atoms with Crippen LogP contribution in [-0.2, 0) is 4.79 Å². The van der Waals surface area contributed by atoms with E-state index in [1.807, 2.05) is 12.4 Å². The third kappa shape index (κ3) is 2.83. The summed E-state index contributed by atoms with van der Waals surface area (Å²) in [6, 6.07) is 9.12. The van der Waals surface area contributed by atoms with E-state index in [4.69, 9.17) is 0 Å². The zero-order valence-corrected chi connectivity index (χ0v) is 13.2. The number of piperidine rings is 1. The van der Waals surface area contributed by atoms with Gasteiger partial charge in [-0.05, 0) is 37.0 Å². The molecule has 2 fully saturated rings. The fourth-order valence-electron chi connectivity index (χ4n) is 3.76. The van der Waals surface area contributed by atoms with Crippen molar-refractivity contribution >= 4 is 11.6 Å². The fraction of sp³-hybridized carbons (Fsp3) is 0.444. The Balaban J connectivity index is 1.39. The Morgan fingerprint density at radius 3 is 2.43 bits per heavy atom. The van der Waals surface area contributed by atoms with E-state index in [1.54, 1.807) is 0 Å². The number of hydrogen-bond acceptors (Lipinski definition) is 3. The SMILES string of the molecule is O=C1CCCN1C1CCN(c2ccc(-c3cn[nH]c3)cc2)CC1. The quantitative estimate of drug-likeness (QED) is 0.948. The predicted molar refractivity (Wildman–Crippen MR) is 90.2 cm³/mol. The molecule has 23 heavy (non-hydrogen) atoms. The van der Waals surface area contributed by atoms with Gasteiger partial charge in [-0.2, -0.15) is 5.10 Å². The number of amides is 1. The Morgan fingerprint density at radius 2 is 1.83 bits per heavy atom. The maximum atomic E-state index is 11.9. The van der Waals surface area contributed by atoms with Crippen LogP contribution >= 0.6 is 0 Å². The van der Waals surface area contributed by atoms with Gasteiger partial charge in [0.15, 0.2) is 0 Å². The van der Waals surface area contributed by atoms with Crippen LogP contribution in [0, 0.1) is 0 Å². The third-order valence-electron chi connectivity index (χ3n) is 5.08. The second-order valence-electron chi connectivity index (χ2n) is 6.44. The zero-order chi connectivity index (χ0) is 15.6. The van der Waals surface area contributed by atoms with Gasteiger partial charge < -0.3 is 9.80 Å². The number of aromatic nitrogens is 2. The van der Waals surface area contributed by atoms with E-state index in [2.05, 4.69) is 44.3 Å². The Labute approximate surface area is 136 Å². The molecule has 1 aromatic heterocycles. The van der Waals surface area contributed by atoms with Gasteiger partial charge in [0, 0.05) is 49.5 Å². The van der Waals surface area contributed by atoms with Crippen LogP contribution in [-0.4, -0.2) is 46.7 Å². The number of nitrogens with zero attached hydrogens (tertiary/aromatic N) is 3. The molecular weight excluding hydrogens is 288 g/mol. The van der Waals surface area contributed by atoms with Crippen LogP contribution in [0.5, 0.6) is 0 Å². The first-order valence-corrected chi connectivity index (χ1v) is 8.45. The third-order valence-corrected chi connectivity index (χ3v) is 5.08. The molecule has 120 valence electrons. The van der Waals surface area contributed by atoms with Crippen LogP contribution in [0.1, 0.15) is 25.7 Å². The van der Waals surface area contributed by atoms with Crippen LogP contribution in [0.15, 0.2) is 36.7 Å². The van der Waals surface area contributed by atoms with Gasteiger partial charge in [0.25, 0.3) is 0 Å². The molecule has 0 saturated carbocycles. The van der Waals surface area contributed by atoms with Gasteiger partial charge in [-0.15, -0.1) is 0 Å². The summed E-state index contributed by atoms with van der Waals surface area (Å²) in [6.07, 6.45) is 7.69. The Kier molecular flexibility index (Phi) is 3.77. The summed E-state index contributed by atoms with van der Waals surface area (Å²) >= 11 is 0. The van der Waals surface area contributed by atoms with Gasteiger partial charge in [0.05, 0.1) is 6.20 Å². The molecule has 3 heterocycles. The molecule has 0 spiro atoms. The van der Waals surface area contributed by atoms with Crippen LogP contribution in [0.4, 0.5) is 5.69 Å². The molecule has 0 radical (unpaired) electrons. The lowest BCUT2D eigenvalue weighted by Gasteiger charge is -2.37. The molecule has 1 N–H and O–H groups in total. The number of hydrogen-bond donors (Lipinski definition) is 1. The first-order valence-electron chi connectivity index (χ1n) is 8.45. The summed E-state index contributed by atoms with van der Waals surface area (Å²) in [5.41, 5.74) is 3.56. The maximum absolute atomic E-state index is 11.9. The van der Waals surface area contributed by atoms with E-state index in [1.165, 1.54) is 11.3 Å². The van der Waals surface area contributed by atoms with E-state index in [0.717, 1.165) is 50.9 Å². The lowest BCUT2D eigenvalue weighted by atomic mass is 10.0. The summed E-state index contributed by atoms with van der Waals surface area (Å²) in [4.78, 5) is 16.4. The molecule has 4 rings (SSSR count). The number of benzene rings is 1. The van der Waals surface area contributed by atoms with Gasteiger partial charge in [0.2, 0.25) is 5.91 Å². The van der Waals surface area contributed by atoms with E-state index >= 15 is 0 Å². The molecule has 0 unspecified atom stereocenters. The van der Waals surface area contributed by atoms with Crippen LogP contribution in [0.2, 0.25) is 0 Å². The minimum Gasteiger partial charge on any atom is -0.371 e. The number of aromatic amines is 1. The molecule has 5 heteroatoms. The molecule has 2 saturated heterocycles. The molecule has 0 bridgehead atoms. The lowest BCUT2D eigenvalue weighted by molar-refractivity contribution is -0.130. The average Bonchev–Trinajstić information content (AvgIpc) is 3.27. The Morgan fingerprint density at radius 1 is 1.04 bits per heavy atom. The largest absolute Gasteiger partial charge is 0.371 e. The fourth-order valence-corrected chi connectivity index (χ4v) is 3.76. The minimum absolute atomic E-state index is 0.355. The second kappa shape index (κ2) is 6.07. The minimum atomic E-state index is 0.355. The number of anilines is 1. The summed E-state index contributed by atoms with van der Waals surface area (Å²) in [5, 5.41) is 6.84. The molecule has 2 aliphatic rings. The summed E-state index contributed by atoms with van der Waals surface area (Å²) in [5.74, 6) is 0.355. The highest BCUT2D eigenvalue weighted by Gasteiger charge is 2.30. The van der Waals surface area contributed by atoms with E-state index in [9.17, 15) is 4.79 Å². The highest BCUT2D eigenvalue weighted by atomic mass is 16.2. The van der Waals surface area contributed by atoms with Gasteiger partial charge in [0.1, 0.15) is 0 Å². The topological polar surface area (TPSA) is 52.2 Å². The molecule has 1 amide bonds. The van der Waals surface area contributed by atoms with E-state index in [-0.39, 0.29) is 0 Å². The Hall–Kier alpha value is -2.30. The average molecular weight is 310 g/mol. The van der Waals surface area contributed by atoms with Crippen molar-refractivity contribution in [1.82, 2.24) is 15.1 Å². The monoisotopic (exact) mass is 310 g/mol. The first kappa shape index (κ1) is 14.3. The molecule has 5 nitrogen and oxygen atoms in total. The number of carbonyl (C=O) groups excluding carboxylic acids is 1. The Bertz CT molecular complexity index is 657. The van der Waals surface area contributed by atoms with E-state index in [0.29, 0.717) is 11.9 Å². The molecule has 1 aromatic carbocycles. The van der Waals surface area contributed by atoms with Crippen molar-refractivity contribution in [2.45, 2.75) is 31.7 Å². The van der Waals surface area contributed by atoms with Crippen LogP contribution < -0.4 is 4.90 Å². The normalized spacial score (nSPS) is 19.6. The van der Waals surface area contributed by atoms with Crippen molar-refractivity contribution < 1.29 is 4.79 Å². The van der Waals surface area contributed by atoms with Gasteiger partial charge in [-0.25, -0.2) is 0 Å². The van der Waals surface area contributed by atoms with Crippen molar-refractivity contribution in [2.75, 3.05) is 24.5 Å². The predicted octanol–water partition coefficient (Wildman–Crippen LogP) is 2.67. The molecular formula is C18H22N4O. The standard InChI is InChI=1S/C18H22N4O/c23-18-2-1-9-22(18)17-7-10-21(11-8-17)16-5-3-14(4-6-16)15-12-19-20-13-15/h3-6,12-13,17H,1-2,7-11H2,(H,19,20). The zero-order valence-electron chi connectivity index (χ0n) is 13.2. The van der Waals surface area contributed by atoms with Crippen LogP contribution in [0.25, 0.3) is 11.1 Å². The number of rotatable bonds is 3. The highest BCUT2D eigenvalue weighted by Crippen LogP contribution is 2.27. The van der Waals surface area contributed by atoms with Crippen molar-refractivity contribution in [3.63, 3.8) is 0 Å². The van der Waals surface area contributed by atoms with Crippen molar-refractivity contribution in [3.05, 3.63) is 36.7 Å². The summed E-state index contributed by atoms with van der Waals surface area (Å²) in [6.45, 7) is 3.02. The maximum Gasteiger partial charge on any atom is 0.222 e. The van der Waals surface area contributed by atoms with Crippen molar-refractivity contribution in [1.29, 1.82) is 0 Å². The lowest BCUT2D eigenvalue weighted by Crippen LogP contribution is -2.45. The van der Waals surface area contributed by atoms with Crippen LogP contribution in [0.3, 0.4) is 0 Å². The van der Waals surface area contributed by atoms with Gasteiger partial charge in [-0.3, -0.25) is 9.89 Å². The number of nitrogens with one attached hydrogen (secondary N) is 1. The summed E-state index contributed by atoms with van der Waals surface area (Å²) in [7, 11) is 0. The second-order valence-corrected chi connectivity index (χ2v) is 6.44. The molecule has 2 aromatic rings. The van der Waals surface area contributed by atoms with Gasteiger partial charge >= 0.3 is 0 Å². The number of carbonyl (C=O) groups is 1. The number of likely N-dealkylation sites (tertiary alicyclic amines) is 1. The smallest absolute Gasteiger partial charge is 0.222 e.